The van der Waals surface area contributed by atoms with E-state index in [-0.39, 0.29) is 18.5 Å². The monoisotopic (exact) mass is 370 g/mol. The van der Waals surface area contributed by atoms with Crippen LogP contribution in [0.15, 0.2) is 0 Å². The largest absolute Gasteiger partial charge is 0.480 e. The zero-order chi connectivity index (χ0) is 19.3. The van der Waals surface area contributed by atoms with E-state index in [1.54, 1.807) is 0 Å². The lowest BCUT2D eigenvalue weighted by atomic mass is 10.1. The number of rotatable bonds is 7. The normalized spacial score (nSPS) is 24.8. The zero-order valence-corrected chi connectivity index (χ0v) is 14.7. The molecule has 4 unspecified atom stereocenters. The highest BCUT2D eigenvalue weighted by molar-refractivity contribution is 5.93. The summed E-state index contributed by atoms with van der Waals surface area (Å²) in [6.45, 7) is 2.19. The Labute approximate surface area is 151 Å². The Morgan fingerprint density at radius 3 is 2.50 bits per heavy atom. The molecule has 2 fully saturated rings. The number of amides is 3. The molecule has 0 aromatic heterocycles. The first-order chi connectivity index (χ1) is 12.3. The van der Waals surface area contributed by atoms with Crippen LogP contribution in [0.25, 0.3) is 0 Å². The summed E-state index contributed by atoms with van der Waals surface area (Å²) in [7, 11) is 0. The smallest absolute Gasteiger partial charge is 0.328 e. The van der Waals surface area contributed by atoms with Crippen LogP contribution in [0.1, 0.15) is 32.6 Å². The number of aliphatic hydroxyl groups is 1. The lowest BCUT2D eigenvalue weighted by Gasteiger charge is -2.26. The van der Waals surface area contributed by atoms with Crippen molar-refractivity contribution in [3.8, 4) is 0 Å². The number of aliphatic carboxylic acids is 1. The highest BCUT2D eigenvalue weighted by Gasteiger charge is 2.37. The van der Waals surface area contributed by atoms with Gasteiger partial charge in [0.1, 0.15) is 6.04 Å². The van der Waals surface area contributed by atoms with Gasteiger partial charge in [0.05, 0.1) is 18.7 Å². The van der Waals surface area contributed by atoms with Crippen molar-refractivity contribution in [2.75, 3.05) is 19.6 Å². The molecule has 146 valence electrons. The van der Waals surface area contributed by atoms with Crippen LogP contribution in [-0.2, 0) is 19.2 Å². The fourth-order valence-electron chi connectivity index (χ4n) is 3.27. The summed E-state index contributed by atoms with van der Waals surface area (Å²) < 4.78 is 0. The summed E-state index contributed by atoms with van der Waals surface area (Å²) in [6, 6.07) is -2.53. The average molecular weight is 370 g/mol. The second-order valence-corrected chi connectivity index (χ2v) is 6.68. The first kappa shape index (κ1) is 20.1. The molecule has 2 heterocycles. The molecule has 2 aliphatic rings. The van der Waals surface area contributed by atoms with E-state index in [0.717, 1.165) is 19.4 Å². The fraction of sp³-hybridized carbons (Fsp3) is 0.750. The van der Waals surface area contributed by atoms with Crippen molar-refractivity contribution < 1.29 is 29.4 Å². The summed E-state index contributed by atoms with van der Waals surface area (Å²) in [6.07, 6.45) is 1.38. The van der Waals surface area contributed by atoms with Crippen molar-refractivity contribution in [1.82, 2.24) is 20.9 Å². The van der Waals surface area contributed by atoms with Crippen LogP contribution in [0.5, 0.6) is 0 Å². The van der Waals surface area contributed by atoms with Gasteiger partial charge in [0.15, 0.2) is 6.04 Å². The average Bonchev–Trinajstić information content (AvgIpc) is 3.27. The summed E-state index contributed by atoms with van der Waals surface area (Å²) in [5.41, 5.74) is 0. The van der Waals surface area contributed by atoms with Gasteiger partial charge in [0, 0.05) is 6.54 Å². The van der Waals surface area contributed by atoms with Gasteiger partial charge in [-0.15, -0.1) is 0 Å². The van der Waals surface area contributed by atoms with Crippen LogP contribution < -0.4 is 16.0 Å². The van der Waals surface area contributed by atoms with Crippen molar-refractivity contribution in [2.45, 2.75) is 56.8 Å². The number of hydrogen-bond donors (Lipinski definition) is 5. The van der Waals surface area contributed by atoms with Crippen molar-refractivity contribution >= 4 is 23.7 Å². The lowest BCUT2D eigenvalue weighted by molar-refractivity contribution is -0.146. The van der Waals surface area contributed by atoms with Gasteiger partial charge in [-0.3, -0.25) is 14.4 Å². The molecule has 5 N–H and O–H groups in total. The van der Waals surface area contributed by atoms with E-state index in [1.807, 2.05) is 0 Å². The second-order valence-electron chi connectivity index (χ2n) is 6.68. The maximum atomic E-state index is 12.4. The Morgan fingerprint density at radius 1 is 1.19 bits per heavy atom. The van der Waals surface area contributed by atoms with Gasteiger partial charge in [0.2, 0.25) is 17.7 Å². The number of carboxylic acids is 1. The maximum absolute atomic E-state index is 12.4. The van der Waals surface area contributed by atoms with E-state index in [2.05, 4.69) is 16.0 Å². The molecule has 10 nitrogen and oxygen atoms in total. The molecule has 2 aliphatic heterocycles. The minimum Gasteiger partial charge on any atom is -0.480 e. The van der Waals surface area contributed by atoms with Crippen molar-refractivity contribution in [2.24, 2.45) is 0 Å². The lowest BCUT2D eigenvalue weighted by Crippen LogP contribution is -2.55. The van der Waals surface area contributed by atoms with Gasteiger partial charge >= 0.3 is 5.97 Å². The van der Waals surface area contributed by atoms with Gasteiger partial charge in [-0.05, 0) is 39.2 Å². The summed E-state index contributed by atoms with van der Waals surface area (Å²) in [4.78, 5) is 49.1. The van der Waals surface area contributed by atoms with Crippen LogP contribution in [0.4, 0.5) is 0 Å². The molecule has 10 heteroatoms. The standard InChI is InChI=1S/C16H26N4O6/c1-9(21)13(16(25)26)19-15(24)11-5-3-7-20(11)12(22)8-18-14(23)10-4-2-6-17-10/h9-11,13,17,21H,2-8H2,1H3,(H,18,23)(H,19,24)(H,25,26). The molecule has 3 amide bonds. The van der Waals surface area contributed by atoms with Gasteiger partial charge in [-0.2, -0.15) is 0 Å². The Morgan fingerprint density at radius 2 is 1.92 bits per heavy atom. The topological polar surface area (TPSA) is 148 Å². The van der Waals surface area contributed by atoms with Crippen molar-refractivity contribution in [1.29, 1.82) is 0 Å². The number of carbonyl (C=O) groups excluding carboxylic acids is 3. The van der Waals surface area contributed by atoms with Gasteiger partial charge < -0.3 is 31.1 Å². The molecule has 0 spiro atoms. The predicted molar refractivity (Wildman–Crippen MR) is 90.0 cm³/mol. The molecule has 0 aromatic carbocycles. The number of carboxylic acid groups (broad SMARTS) is 1. The van der Waals surface area contributed by atoms with E-state index in [1.165, 1.54) is 11.8 Å². The van der Waals surface area contributed by atoms with Crippen LogP contribution in [0.2, 0.25) is 0 Å². The van der Waals surface area contributed by atoms with Gasteiger partial charge in [-0.1, -0.05) is 0 Å². The third kappa shape index (κ3) is 4.92. The third-order valence-corrected chi connectivity index (χ3v) is 4.71. The minimum absolute atomic E-state index is 0.209. The van der Waals surface area contributed by atoms with E-state index < -0.39 is 36.0 Å². The molecule has 0 bridgehead atoms. The Hall–Kier alpha value is -2.20. The third-order valence-electron chi connectivity index (χ3n) is 4.71. The Bertz CT molecular complexity index is 561. The first-order valence-electron chi connectivity index (χ1n) is 8.83. The summed E-state index contributed by atoms with van der Waals surface area (Å²) in [5.74, 6) is -2.59. The SMILES string of the molecule is CC(O)C(NC(=O)C1CCCN1C(=O)CNC(=O)C1CCCN1)C(=O)O. The molecule has 0 aliphatic carbocycles. The number of nitrogens with one attached hydrogen (secondary N) is 3. The van der Waals surface area contributed by atoms with E-state index in [4.69, 9.17) is 5.11 Å². The van der Waals surface area contributed by atoms with E-state index >= 15 is 0 Å². The molecule has 0 saturated carbocycles. The molecular weight excluding hydrogens is 344 g/mol. The fourth-order valence-corrected chi connectivity index (χ4v) is 3.27. The van der Waals surface area contributed by atoms with E-state index in [0.29, 0.717) is 19.4 Å². The van der Waals surface area contributed by atoms with Crippen LogP contribution in [0.3, 0.4) is 0 Å². The molecule has 2 saturated heterocycles. The summed E-state index contributed by atoms with van der Waals surface area (Å²) in [5, 5.41) is 26.4. The highest BCUT2D eigenvalue weighted by atomic mass is 16.4. The number of aliphatic hydroxyl groups excluding tert-OH is 1. The maximum Gasteiger partial charge on any atom is 0.328 e. The second kappa shape index (κ2) is 8.95. The number of hydrogen-bond acceptors (Lipinski definition) is 6. The number of nitrogens with zero attached hydrogens (tertiary/aromatic N) is 1. The van der Waals surface area contributed by atoms with Crippen molar-refractivity contribution in [3.63, 3.8) is 0 Å². The minimum atomic E-state index is -1.44. The molecular formula is C16H26N4O6. The quantitative estimate of drug-likeness (QED) is 0.341. The molecule has 0 radical (unpaired) electrons. The summed E-state index contributed by atoms with van der Waals surface area (Å²) >= 11 is 0. The van der Waals surface area contributed by atoms with Crippen molar-refractivity contribution in [3.05, 3.63) is 0 Å². The molecule has 2 rings (SSSR count). The van der Waals surface area contributed by atoms with E-state index in [9.17, 15) is 24.3 Å². The Kier molecular flexibility index (Phi) is 6.92. The van der Waals surface area contributed by atoms with Gasteiger partial charge in [-0.25, -0.2) is 4.79 Å². The van der Waals surface area contributed by atoms with Crippen LogP contribution >= 0.6 is 0 Å². The first-order valence-corrected chi connectivity index (χ1v) is 8.83. The highest BCUT2D eigenvalue weighted by Crippen LogP contribution is 2.18. The molecule has 26 heavy (non-hydrogen) atoms. The molecule has 0 aromatic rings. The van der Waals surface area contributed by atoms with Gasteiger partial charge in [0.25, 0.3) is 0 Å². The number of likely N-dealkylation sites (tertiary alicyclic amines) is 1. The predicted octanol–water partition coefficient (Wildman–Crippen LogP) is -2.20. The molecule has 4 atom stereocenters. The zero-order valence-electron chi connectivity index (χ0n) is 14.7. The van der Waals surface area contributed by atoms with Crippen LogP contribution in [0, 0.1) is 0 Å². The Balaban J connectivity index is 1.89. The van der Waals surface area contributed by atoms with Crippen LogP contribution in [-0.4, -0.2) is 82.7 Å². The number of carbonyl (C=O) groups is 4.